The first-order valence-electron chi connectivity index (χ1n) is 3.62. The van der Waals surface area contributed by atoms with Crippen molar-refractivity contribution in [1.29, 1.82) is 0 Å². The van der Waals surface area contributed by atoms with Gasteiger partial charge in [-0.25, -0.2) is 0 Å². The Bertz CT molecular complexity index is 165. The van der Waals surface area contributed by atoms with E-state index in [1.54, 1.807) is 0 Å². The molecule has 2 nitrogen and oxygen atoms in total. The fraction of sp³-hybridized carbons (Fsp3) is 0.500. The molecule has 0 amide bonds. The van der Waals surface area contributed by atoms with Crippen molar-refractivity contribution in [2.24, 2.45) is 0 Å². The summed E-state index contributed by atoms with van der Waals surface area (Å²) in [6, 6.07) is 2.00. The molecular weight excluding hydrogens is 126 g/mol. The van der Waals surface area contributed by atoms with E-state index in [0.29, 0.717) is 5.92 Å². The Balaban J connectivity index is 2.64. The molecule has 0 aliphatic carbocycles. The highest BCUT2D eigenvalue weighted by Crippen LogP contribution is 2.16. The fourth-order valence-corrected chi connectivity index (χ4v) is 1.06. The number of aliphatic hydroxyl groups is 1. The summed E-state index contributed by atoms with van der Waals surface area (Å²) in [5.41, 5.74) is 1.20. The maximum atomic E-state index is 8.88. The van der Waals surface area contributed by atoms with E-state index in [0.717, 1.165) is 6.42 Å². The van der Waals surface area contributed by atoms with Crippen LogP contribution in [-0.4, -0.2) is 16.7 Å². The van der Waals surface area contributed by atoms with Crippen molar-refractivity contribution >= 4 is 0 Å². The lowest BCUT2D eigenvalue weighted by Crippen LogP contribution is -2.00. The highest BCUT2D eigenvalue weighted by atomic mass is 16.3. The lowest BCUT2D eigenvalue weighted by atomic mass is 10.0. The number of aromatic amines is 1. The molecule has 0 saturated heterocycles. The summed E-state index contributed by atoms with van der Waals surface area (Å²) in [4.78, 5) is 2.97. The van der Waals surface area contributed by atoms with Crippen LogP contribution in [0.2, 0.25) is 0 Å². The van der Waals surface area contributed by atoms with E-state index in [4.69, 9.17) is 5.11 Å². The lowest BCUT2D eigenvalue weighted by Gasteiger charge is -2.07. The fourth-order valence-electron chi connectivity index (χ4n) is 1.06. The van der Waals surface area contributed by atoms with E-state index in [9.17, 15) is 0 Å². The van der Waals surface area contributed by atoms with E-state index >= 15 is 0 Å². The molecule has 0 aromatic carbocycles. The summed E-state index contributed by atoms with van der Waals surface area (Å²) in [5, 5.41) is 8.88. The number of rotatable bonds is 3. The zero-order valence-electron chi connectivity index (χ0n) is 6.17. The topological polar surface area (TPSA) is 36.0 Å². The van der Waals surface area contributed by atoms with Crippen molar-refractivity contribution < 1.29 is 5.11 Å². The maximum absolute atomic E-state index is 8.88. The van der Waals surface area contributed by atoms with Crippen LogP contribution in [0, 0.1) is 0 Å². The van der Waals surface area contributed by atoms with Crippen molar-refractivity contribution in [3.63, 3.8) is 0 Å². The second-order valence-corrected chi connectivity index (χ2v) is 2.43. The molecule has 0 radical (unpaired) electrons. The highest BCUT2D eigenvalue weighted by Gasteiger charge is 2.06. The Morgan fingerprint density at radius 1 is 1.70 bits per heavy atom. The second-order valence-electron chi connectivity index (χ2n) is 2.43. The van der Waals surface area contributed by atoms with Crippen LogP contribution >= 0.6 is 0 Å². The molecule has 1 rings (SSSR count). The molecule has 1 aromatic heterocycles. The molecule has 10 heavy (non-hydrogen) atoms. The molecule has 2 N–H and O–H groups in total. The van der Waals surface area contributed by atoms with E-state index in [-0.39, 0.29) is 6.61 Å². The minimum atomic E-state index is 0.244. The molecule has 1 aromatic rings. The van der Waals surface area contributed by atoms with Gasteiger partial charge in [0.05, 0.1) is 0 Å². The number of hydrogen-bond donors (Lipinski definition) is 2. The van der Waals surface area contributed by atoms with Crippen molar-refractivity contribution in [3.8, 4) is 0 Å². The zero-order chi connectivity index (χ0) is 7.40. The van der Waals surface area contributed by atoms with Gasteiger partial charge in [0, 0.05) is 24.9 Å². The summed E-state index contributed by atoms with van der Waals surface area (Å²) in [5.74, 6) is 0.311. The highest BCUT2D eigenvalue weighted by molar-refractivity contribution is 5.14. The number of nitrogens with one attached hydrogen (secondary N) is 1. The molecule has 56 valence electrons. The SMILES string of the molecule is CCC(CO)c1cc[nH]c1. The third kappa shape index (κ3) is 1.39. The van der Waals surface area contributed by atoms with Gasteiger partial charge in [0.25, 0.3) is 0 Å². The first-order chi connectivity index (χ1) is 4.88. The Labute approximate surface area is 60.9 Å². The third-order valence-corrected chi connectivity index (χ3v) is 1.81. The zero-order valence-corrected chi connectivity index (χ0v) is 6.17. The molecule has 0 saturated carbocycles. The molecule has 1 heterocycles. The Morgan fingerprint density at radius 2 is 2.50 bits per heavy atom. The van der Waals surface area contributed by atoms with Crippen molar-refractivity contribution in [3.05, 3.63) is 24.0 Å². The number of hydrogen-bond acceptors (Lipinski definition) is 1. The Morgan fingerprint density at radius 3 is 2.90 bits per heavy atom. The summed E-state index contributed by atoms with van der Waals surface area (Å²) in [6.45, 7) is 2.32. The summed E-state index contributed by atoms with van der Waals surface area (Å²) in [7, 11) is 0. The van der Waals surface area contributed by atoms with Gasteiger partial charge < -0.3 is 10.1 Å². The van der Waals surface area contributed by atoms with Crippen LogP contribution in [0.5, 0.6) is 0 Å². The van der Waals surface area contributed by atoms with Crippen molar-refractivity contribution in [2.75, 3.05) is 6.61 Å². The average molecular weight is 139 g/mol. The predicted molar refractivity (Wildman–Crippen MR) is 40.9 cm³/mol. The number of aromatic nitrogens is 1. The van der Waals surface area contributed by atoms with Gasteiger partial charge in [-0.05, 0) is 18.1 Å². The molecular formula is C8H13NO. The van der Waals surface area contributed by atoms with Crippen molar-refractivity contribution in [2.45, 2.75) is 19.3 Å². The molecule has 2 heteroatoms. The largest absolute Gasteiger partial charge is 0.396 e. The molecule has 0 aliphatic rings. The molecule has 0 spiro atoms. The first kappa shape index (κ1) is 7.35. The van der Waals surface area contributed by atoms with E-state index < -0.39 is 0 Å². The Hall–Kier alpha value is -0.760. The summed E-state index contributed by atoms with van der Waals surface area (Å²) >= 11 is 0. The minimum Gasteiger partial charge on any atom is -0.396 e. The second kappa shape index (κ2) is 3.42. The van der Waals surface area contributed by atoms with Crippen LogP contribution in [0.15, 0.2) is 18.5 Å². The van der Waals surface area contributed by atoms with Crippen LogP contribution < -0.4 is 0 Å². The summed E-state index contributed by atoms with van der Waals surface area (Å²) in [6.07, 6.45) is 4.81. The molecule has 0 aliphatic heterocycles. The van der Waals surface area contributed by atoms with Gasteiger partial charge in [0.2, 0.25) is 0 Å². The number of H-pyrrole nitrogens is 1. The van der Waals surface area contributed by atoms with Gasteiger partial charge >= 0.3 is 0 Å². The minimum absolute atomic E-state index is 0.244. The molecule has 0 fully saturated rings. The first-order valence-corrected chi connectivity index (χ1v) is 3.62. The quantitative estimate of drug-likeness (QED) is 0.654. The number of aliphatic hydroxyl groups excluding tert-OH is 1. The van der Waals surface area contributed by atoms with Crippen LogP contribution in [0.3, 0.4) is 0 Å². The maximum Gasteiger partial charge on any atom is 0.0500 e. The van der Waals surface area contributed by atoms with E-state index in [1.807, 2.05) is 18.5 Å². The van der Waals surface area contributed by atoms with Gasteiger partial charge in [-0.3, -0.25) is 0 Å². The monoisotopic (exact) mass is 139 g/mol. The van der Waals surface area contributed by atoms with Gasteiger partial charge in [0.1, 0.15) is 0 Å². The van der Waals surface area contributed by atoms with Gasteiger partial charge in [-0.15, -0.1) is 0 Å². The van der Waals surface area contributed by atoms with Gasteiger partial charge in [-0.2, -0.15) is 0 Å². The van der Waals surface area contributed by atoms with Crippen molar-refractivity contribution in [1.82, 2.24) is 4.98 Å². The van der Waals surface area contributed by atoms with E-state index in [2.05, 4.69) is 11.9 Å². The summed E-state index contributed by atoms with van der Waals surface area (Å²) < 4.78 is 0. The van der Waals surface area contributed by atoms with Crippen LogP contribution in [0.4, 0.5) is 0 Å². The van der Waals surface area contributed by atoms with Gasteiger partial charge in [-0.1, -0.05) is 6.92 Å². The average Bonchev–Trinajstić information content (AvgIpc) is 2.43. The van der Waals surface area contributed by atoms with Crippen LogP contribution in [-0.2, 0) is 0 Å². The standard InChI is InChI=1S/C8H13NO/c1-2-7(6-10)8-3-4-9-5-8/h3-5,7,9-10H,2,6H2,1H3. The van der Waals surface area contributed by atoms with Crippen LogP contribution in [0.25, 0.3) is 0 Å². The molecule has 1 atom stereocenters. The van der Waals surface area contributed by atoms with Crippen LogP contribution in [0.1, 0.15) is 24.8 Å². The third-order valence-electron chi connectivity index (χ3n) is 1.81. The molecule has 0 bridgehead atoms. The normalized spacial score (nSPS) is 13.4. The van der Waals surface area contributed by atoms with Gasteiger partial charge in [0.15, 0.2) is 0 Å². The Kier molecular flexibility index (Phi) is 2.51. The smallest absolute Gasteiger partial charge is 0.0500 e. The lowest BCUT2D eigenvalue weighted by molar-refractivity contribution is 0.262. The molecule has 1 unspecified atom stereocenters. The van der Waals surface area contributed by atoms with E-state index in [1.165, 1.54) is 5.56 Å². The predicted octanol–water partition coefficient (Wildman–Crippen LogP) is 1.50.